The van der Waals surface area contributed by atoms with E-state index >= 15 is 0 Å². The number of ketones is 1. The Labute approximate surface area is 103 Å². The van der Waals surface area contributed by atoms with Crippen molar-refractivity contribution < 1.29 is 9.21 Å². The van der Waals surface area contributed by atoms with Crippen LogP contribution in [0.3, 0.4) is 0 Å². The highest BCUT2D eigenvalue weighted by Crippen LogP contribution is 2.26. The smallest absolute Gasteiger partial charge is 0.262 e. The van der Waals surface area contributed by atoms with Crippen LogP contribution >= 0.6 is 11.8 Å². The van der Waals surface area contributed by atoms with Gasteiger partial charge in [-0.2, -0.15) is 0 Å². The van der Waals surface area contributed by atoms with Crippen molar-refractivity contribution in [1.82, 2.24) is 9.97 Å². The van der Waals surface area contributed by atoms with Gasteiger partial charge >= 0.3 is 0 Å². The first kappa shape index (κ1) is 11.9. The van der Waals surface area contributed by atoms with Crippen LogP contribution in [0.2, 0.25) is 0 Å². The number of carbonyl (C=O) groups is 1. The summed E-state index contributed by atoms with van der Waals surface area (Å²) in [5.41, 5.74) is 1.49. The minimum atomic E-state index is 0.0110. The second kappa shape index (κ2) is 4.71. The molecule has 0 saturated heterocycles. The lowest BCUT2D eigenvalue weighted by Crippen LogP contribution is -1.92. The molecular weight excluding hydrogens is 236 g/mol. The molecule has 0 radical (unpaired) electrons. The van der Waals surface area contributed by atoms with Crippen molar-refractivity contribution in [2.24, 2.45) is 0 Å². The van der Waals surface area contributed by atoms with Crippen LogP contribution in [0.25, 0.3) is 0 Å². The van der Waals surface area contributed by atoms with Crippen molar-refractivity contribution in [3.63, 3.8) is 0 Å². The van der Waals surface area contributed by atoms with Gasteiger partial charge in [-0.05, 0) is 44.7 Å². The van der Waals surface area contributed by atoms with Crippen molar-refractivity contribution in [1.29, 1.82) is 0 Å². The van der Waals surface area contributed by atoms with Gasteiger partial charge in [-0.25, -0.2) is 9.97 Å². The molecular formula is C12H12N2O2S. The summed E-state index contributed by atoms with van der Waals surface area (Å²) in [6.45, 7) is 5.29. The number of hydrogen-bond acceptors (Lipinski definition) is 5. The average molecular weight is 248 g/mol. The normalized spacial score (nSPS) is 10.5. The van der Waals surface area contributed by atoms with Gasteiger partial charge in [0.25, 0.3) is 5.22 Å². The van der Waals surface area contributed by atoms with Gasteiger partial charge in [-0.3, -0.25) is 4.79 Å². The molecule has 4 nitrogen and oxygen atoms in total. The minimum absolute atomic E-state index is 0.0110. The van der Waals surface area contributed by atoms with Crippen LogP contribution in [0.4, 0.5) is 0 Å². The lowest BCUT2D eigenvalue weighted by molar-refractivity contribution is 0.101. The molecule has 0 spiro atoms. The van der Waals surface area contributed by atoms with Gasteiger partial charge in [0.1, 0.15) is 10.8 Å². The number of carbonyl (C=O) groups excluding carboxylic acids is 1. The van der Waals surface area contributed by atoms with E-state index in [2.05, 4.69) is 9.97 Å². The predicted molar refractivity (Wildman–Crippen MR) is 64.3 cm³/mol. The third-order valence-electron chi connectivity index (χ3n) is 2.34. The Hall–Kier alpha value is -1.62. The molecule has 0 aliphatic rings. The Morgan fingerprint density at radius 3 is 2.59 bits per heavy atom. The number of aromatic nitrogens is 2. The van der Waals surface area contributed by atoms with Crippen molar-refractivity contribution >= 4 is 17.5 Å². The van der Waals surface area contributed by atoms with Gasteiger partial charge in [0.15, 0.2) is 5.78 Å². The van der Waals surface area contributed by atoms with Crippen molar-refractivity contribution in [2.45, 2.75) is 31.0 Å². The number of hydrogen-bond donors (Lipinski definition) is 0. The van der Waals surface area contributed by atoms with E-state index in [1.165, 1.54) is 18.7 Å². The van der Waals surface area contributed by atoms with Crippen molar-refractivity contribution in [3.8, 4) is 0 Å². The molecule has 0 fully saturated rings. The van der Waals surface area contributed by atoms with E-state index in [1.807, 2.05) is 13.8 Å². The fourth-order valence-electron chi connectivity index (χ4n) is 1.23. The predicted octanol–water partition coefficient (Wildman–Crippen LogP) is 3.04. The summed E-state index contributed by atoms with van der Waals surface area (Å²) in [6, 6.07) is 3.54. The van der Waals surface area contributed by atoms with E-state index in [0.717, 1.165) is 16.5 Å². The Balaban J connectivity index is 2.16. The van der Waals surface area contributed by atoms with E-state index in [4.69, 9.17) is 4.42 Å². The number of aryl methyl sites for hydroxylation is 2. The molecule has 0 aliphatic carbocycles. The summed E-state index contributed by atoms with van der Waals surface area (Å²) in [4.78, 5) is 19.5. The minimum Gasteiger partial charge on any atom is -0.436 e. The van der Waals surface area contributed by atoms with Crippen LogP contribution < -0.4 is 0 Å². The molecule has 88 valence electrons. The number of rotatable bonds is 3. The SMILES string of the molecule is CC(=O)c1ccc(Sc2nc(C)c(C)o2)nc1. The van der Waals surface area contributed by atoms with Gasteiger partial charge in [-0.1, -0.05) is 0 Å². The molecule has 5 heteroatoms. The van der Waals surface area contributed by atoms with Crippen molar-refractivity contribution in [3.05, 3.63) is 35.3 Å². The summed E-state index contributed by atoms with van der Waals surface area (Å²) in [5, 5.41) is 1.33. The monoisotopic (exact) mass is 248 g/mol. The molecule has 0 saturated carbocycles. The zero-order valence-electron chi connectivity index (χ0n) is 9.85. The quantitative estimate of drug-likeness (QED) is 0.781. The molecule has 2 rings (SSSR count). The first-order valence-electron chi connectivity index (χ1n) is 5.15. The number of oxazole rings is 1. The molecule has 0 N–H and O–H groups in total. The zero-order valence-corrected chi connectivity index (χ0v) is 10.7. The Kier molecular flexibility index (Phi) is 3.28. The van der Waals surface area contributed by atoms with Crippen LogP contribution in [-0.4, -0.2) is 15.8 Å². The highest BCUT2D eigenvalue weighted by molar-refractivity contribution is 7.99. The Bertz CT molecular complexity index is 527. The first-order chi connectivity index (χ1) is 8.06. The summed E-state index contributed by atoms with van der Waals surface area (Å²) in [6.07, 6.45) is 1.56. The summed E-state index contributed by atoms with van der Waals surface area (Å²) >= 11 is 1.34. The highest BCUT2D eigenvalue weighted by Gasteiger charge is 2.08. The standard InChI is InChI=1S/C12H12N2O2S/c1-7-9(3)16-12(14-7)17-11-5-4-10(6-13-11)8(2)15/h4-6H,1-3H3. The van der Waals surface area contributed by atoms with Crippen LogP contribution in [-0.2, 0) is 0 Å². The molecule has 2 aromatic rings. The van der Waals surface area contributed by atoms with E-state index in [-0.39, 0.29) is 5.78 Å². The van der Waals surface area contributed by atoms with Gasteiger partial charge < -0.3 is 4.42 Å². The van der Waals surface area contributed by atoms with Gasteiger partial charge in [0, 0.05) is 11.8 Å². The number of nitrogens with zero attached hydrogens (tertiary/aromatic N) is 2. The molecule has 0 bridgehead atoms. The molecule has 17 heavy (non-hydrogen) atoms. The second-order valence-corrected chi connectivity index (χ2v) is 4.64. The molecule has 0 unspecified atom stereocenters. The van der Waals surface area contributed by atoms with E-state index in [9.17, 15) is 4.79 Å². The van der Waals surface area contributed by atoms with E-state index < -0.39 is 0 Å². The molecule has 0 amide bonds. The van der Waals surface area contributed by atoms with Gasteiger partial charge in [-0.15, -0.1) is 0 Å². The Morgan fingerprint density at radius 1 is 1.35 bits per heavy atom. The molecule has 0 aliphatic heterocycles. The largest absolute Gasteiger partial charge is 0.436 e. The molecule has 0 atom stereocenters. The van der Waals surface area contributed by atoms with Gasteiger partial charge in [0.2, 0.25) is 0 Å². The lowest BCUT2D eigenvalue weighted by atomic mass is 10.2. The van der Waals surface area contributed by atoms with Crippen LogP contribution in [0, 0.1) is 13.8 Å². The summed E-state index contributed by atoms with van der Waals surface area (Å²) in [5.74, 6) is 0.824. The van der Waals surface area contributed by atoms with Gasteiger partial charge in [0.05, 0.1) is 5.69 Å². The van der Waals surface area contributed by atoms with Crippen LogP contribution in [0.1, 0.15) is 28.7 Å². The average Bonchev–Trinajstić information content (AvgIpc) is 2.58. The van der Waals surface area contributed by atoms with Crippen molar-refractivity contribution in [2.75, 3.05) is 0 Å². The fourth-order valence-corrected chi connectivity index (χ4v) is 1.99. The van der Waals surface area contributed by atoms with Crippen LogP contribution in [0.15, 0.2) is 33.0 Å². The fraction of sp³-hybridized carbons (Fsp3) is 0.250. The maximum absolute atomic E-state index is 11.1. The molecule has 2 aromatic heterocycles. The molecule has 2 heterocycles. The maximum Gasteiger partial charge on any atom is 0.262 e. The zero-order chi connectivity index (χ0) is 12.4. The number of pyridine rings is 1. The first-order valence-corrected chi connectivity index (χ1v) is 5.97. The highest BCUT2D eigenvalue weighted by atomic mass is 32.2. The van der Waals surface area contributed by atoms with Crippen LogP contribution in [0.5, 0.6) is 0 Å². The number of Topliss-reactive ketones (excluding diaryl/α,β-unsaturated/α-hetero) is 1. The summed E-state index contributed by atoms with van der Waals surface area (Å²) in [7, 11) is 0. The lowest BCUT2D eigenvalue weighted by Gasteiger charge is -1.97. The third-order valence-corrected chi connectivity index (χ3v) is 3.14. The van der Waals surface area contributed by atoms with E-state index in [1.54, 1.807) is 18.3 Å². The molecule has 0 aromatic carbocycles. The van der Waals surface area contributed by atoms with E-state index in [0.29, 0.717) is 10.8 Å². The maximum atomic E-state index is 11.1. The third kappa shape index (κ3) is 2.74. The second-order valence-electron chi connectivity index (χ2n) is 3.66. The summed E-state index contributed by atoms with van der Waals surface area (Å²) < 4.78 is 5.44. The Morgan fingerprint density at radius 2 is 2.12 bits per heavy atom. The topological polar surface area (TPSA) is 56.0 Å².